The number of imide groups is 2. The third-order valence-electron chi connectivity index (χ3n) is 13.4. The molecule has 5 aromatic rings. The normalized spacial score (nSPS) is 21.4. The van der Waals surface area contributed by atoms with Crippen LogP contribution < -0.4 is 20.7 Å². The molecule has 7 heterocycles. The molecule has 0 saturated carbocycles. The van der Waals surface area contributed by atoms with Gasteiger partial charge in [-0.25, -0.2) is 19.4 Å². The first kappa shape index (κ1) is 39.3. The fourth-order valence-corrected chi connectivity index (χ4v) is 10.1. The van der Waals surface area contributed by atoms with Crippen molar-refractivity contribution >= 4 is 52.2 Å². The number of hydrogen-bond acceptors (Lipinski definition) is 11. The Morgan fingerprint density at radius 3 is 2.19 bits per heavy atom. The average molecular weight is 837 g/mol. The number of nitrogens with zero attached hydrogens (tertiary/aromatic N) is 8. The zero-order chi connectivity index (χ0) is 42.5. The molecule has 6 amide bonds. The van der Waals surface area contributed by atoms with E-state index in [2.05, 4.69) is 20.2 Å². The van der Waals surface area contributed by atoms with Crippen LogP contribution in [0.15, 0.2) is 79.1 Å². The summed E-state index contributed by atoms with van der Waals surface area (Å²) in [6.07, 6.45) is 7.29. The number of para-hydroxylation sites is 1. The van der Waals surface area contributed by atoms with Crippen LogP contribution >= 0.6 is 0 Å². The molecular weight excluding hydrogens is 789 g/mol. The maximum atomic E-state index is 14.1. The molecule has 10 rings (SSSR count). The molecule has 62 heavy (non-hydrogen) atoms. The summed E-state index contributed by atoms with van der Waals surface area (Å²) in [6, 6.07) is 21.7. The summed E-state index contributed by atoms with van der Waals surface area (Å²) in [4.78, 5) is 81.0. The van der Waals surface area contributed by atoms with Crippen LogP contribution in [0.3, 0.4) is 0 Å². The van der Waals surface area contributed by atoms with Crippen LogP contribution in [-0.2, 0) is 9.59 Å². The highest BCUT2D eigenvalue weighted by molar-refractivity contribution is 6.23. The molecule has 2 atom stereocenters. The van der Waals surface area contributed by atoms with Crippen molar-refractivity contribution in [2.24, 2.45) is 11.8 Å². The first-order chi connectivity index (χ1) is 30.2. The Labute approximate surface area is 358 Å². The van der Waals surface area contributed by atoms with Crippen molar-refractivity contribution in [1.29, 1.82) is 0 Å². The number of amides is 6. The van der Waals surface area contributed by atoms with Crippen LogP contribution in [0.2, 0.25) is 0 Å². The first-order valence-corrected chi connectivity index (χ1v) is 21.7. The number of piperidine rings is 4. The third-order valence-corrected chi connectivity index (χ3v) is 13.4. The number of aromatic nitrogens is 4. The summed E-state index contributed by atoms with van der Waals surface area (Å²) in [6.45, 7) is 4.31. The molecule has 0 spiro atoms. The van der Waals surface area contributed by atoms with E-state index in [1.54, 1.807) is 12.1 Å². The molecule has 4 fully saturated rings. The number of nitrogens with one attached hydrogen (secondary N) is 1. The zero-order valence-corrected chi connectivity index (χ0v) is 34.3. The molecule has 4 saturated heterocycles. The van der Waals surface area contributed by atoms with Crippen LogP contribution in [0.5, 0.6) is 11.5 Å². The molecule has 5 aliphatic heterocycles. The number of urea groups is 1. The highest BCUT2D eigenvalue weighted by Gasteiger charge is 2.45. The van der Waals surface area contributed by atoms with Crippen LogP contribution in [0.4, 0.5) is 16.3 Å². The summed E-state index contributed by atoms with van der Waals surface area (Å²) in [7, 11) is 0. The molecule has 16 nitrogen and oxygen atoms in total. The Balaban J connectivity index is 0.745. The minimum atomic E-state index is -0.984. The fourth-order valence-electron chi connectivity index (χ4n) is 10.1. The lowest BCUT2D eigenvalue weighted by molar-refractivity contribution is -0.136. The van der Waals surface area contributed by atoms with E-state index in [4.69, 9.17) is 15.6 Å². The molecule has 0 aliphatic carbocycles. The molecule has 2 aromatic heterocycles. The van der Waals surface area contributed by atoms with Crippen molar-refractivity contribution in [3.8, 4) is 22.8 Å². The smallest absolute Gasteiger partial charge is 0.320 e. The number of benzene rings is 3. The van der Waals surface area contributed by atoms with Crippen molar-refractivity contribution in [2.75, 3.05) is 49.9 Å². The second kappa shape index (κ2) is 16.2. The topological polar surface area (TPSA) is 189 Å². The van der Waals surface area contributed by atoms with Gasteiger partial charge in [0.15, 0.2) is 5.65 Å². The van der Waals surface area contributed by atoms with Crippen LogP contribution in [0.1, 0.15) is 78.1 Å². The van der Waals surface area contributed by atoms with Gasteiger partial charge in [0.2, 0.25) is 11.8 Å². The van der Waals surface area contributed by atoms with Crippen molar-refractivity contribution < 1.29 is 28.7 Å². The van der Waals surface area contributed by atoms with Gasteiger partial charge in [-0.05, 0) is 111 Å². The Bertz CT molecular complexity index is 2560. The predicted molar refractivity (Wildman–Crippen MR) is 229 cm³/mol. The Hall–Kier alpha value is -6.84. The first-order valence-electron chi connectivity index (χ1n) is 21.7. The Kier molecular flexibility index (Phi) is 10.3. The number of carbonyl (C=O) groups is 5. The lowest BCUT2D eigenvalue weighted by Gasteiger charge is -2.42. The van der Waals surface area contributed by atoms with Gasteiger partial charge >= 0.3 is 6.03 Å². The molecule has 1 unspecified atom stereocenters. The largest absolute Gasteiger partial charge is 0.457 e. The van der Waals surface area contributed by atoms with E-state index in [1.165, 1.54) is 6.33 Å². The Morgan fingerprint density at radius 1 is 0.742 bits per heavy atom. The highest BCUT2D eigenvalue weighted by Crippen LogP contribution is 2.38. The third kappa shape index (κ3) is 7.26. The molecule has 0 bridgehead atoms. The van der Waals surface area contributed by atoms with E-state index in [1.807, 2.05) is 75.1 Å². The van der Waals surface area contributed by atoms with Crippen molar-refractivity contribution in [2.45, 2.75) is 63.5 Å². The summed E-state index contributed by atoms with van der Waals surface area (Å²) >= 11 is 0. The van der Waals surface area contributed by atoms with E-state index >= 15 is 0 Å². The van der Waals surface area contributed by atoms with Crippen LogP contribution in [0, 0.1) is 11.8 Å². The molecule has 3 aromatic carbocycles. The van der Waals surface area contributed by atoms with Gasteiger partial charge < -0.3 is 25.2 Å². The number of fused-ring (bicyclic) bond motifs is 2. The Morgan fingerprint density at radius 2 is 1.45 bits per heavy atom. The van der Waals surface area contributed by atoms with E-state index in [0.717, 1.165) is 86.6 Å². The minimum Gasteiger partial charge on any atom is -0.457 e. The lowest BCUT2D eigenvalue weighted by atomic mass is 9.78. The molecule has 0 radical (unpaired) electrons. The molecular formula is C46H48N10O6. The van der Waals surface area contributed by atoms with Gasteiger partial charge in [-0.3, -0.25) is 29.4 Å². The molecule has 318 valence electrons. The summed E-state index contributed by atoms with van der Waals surface area (Å²) < 4.78 is 7.94. The van der Waals surface area contributed by atoms with E-state index in [-0.39, 0.29) is 30.5 Å². The number of likely N-dealkylation sites (tertiary alicyclic amines) is 2. The molecule has 5 aliphatic rings. The maximum Gasteiger partial charge on any atom is 0.320 e. The van der Waals surface area contributed by atoms with Gasteiger partial charge in [-0.15, -0.1) is 0 Å². The number of carbonyl (C=O) groups excluding carboxylic acids is 5. The summed E-state index contributed by atoms with van der Waals surface area (Å²) in [5, 5.41) is 8.02. The van der Waals surface area contributed by atoms with Gasteiger partial charge in [0.1, 0.15) is 35.4 Å². The van der Waals surface area contributed by atoms with Crippen molar-refractivity contribution in [3.05, 3.63) is 90.3 Å². The van der Waals surface area contributed by atoms with Crippen LogP contribution in [0.25, 0.3) is 22.3 Å². The maximum absolute atomic E-state index is 14.1. The predicted octanol–water partition coefficient (Wildman–Crippen LogP) is 5.65. The van der Waals surface area contributed by atoms with Crippen molar-refractivity contribution in [3.63, 3.8) is 0 Å². The SMILES string of the molecule is Nc1ncnc2c1c(-c1ccc(Oc3ccccc3)cc1)nn2[C@@H]1CCCN(C(=O)N2CCC(C3CCN(c4ccc5c(c4)C(=O)N(C4CCC(=O)NC4=O)C5=O)CC3)CC2)C1. The van der Waals surface area contributed by atoms with Gasteiger partial charge in [-0.1, -0.05) is 18.2 Å². The van der Waals surface area contributed by atoms with Gasteiger partial charge in [0, 0.05) is 56.9 Å². The number of anilines is 2. The van der Waals surface area contributed by atoms with Crippen molar-refractivity contribution in [1.82, 2.24) is 39.8 Å². The van der Waals surface area contributed by atoms with E-state index in [9.17, 15) is 24.0 Å². The minimum absolute atomic E-state index is 0.0728. The number of hydrogen-bond donors (Lipinski definition) is 2. The van der Waals surface area contributed by atoms with E-state index in [0.29, 0.717) is 58.8 Å². The number of rotatable bonds is 7. The number of nitrogens with two attached hydrogens (primary N) is 1. The molecule has 3 N–H and O–H groups in total. The second-order valence-corrected chi connectivity index (χ2v) is 17.0. The van der Waals surface area contributed by atoms with E-state index < -0.39 is 29.7 Å². The summed E-state index contributed by atoms with van der Waals surface area (Å²) in [5.74, 6) is 0.880. The quantitative estimate of drug-likeness (QED) is 0.193. The van der Waals surface area contributed by atoms with Gasteiger partial charge in [0.25, 0.3) is 11.8 Å². The fraction of sp³-hybridized carbons (Fsp3) is 0.391. The van der Waals surface area contributed by atoms with Gasteiger partial charge in [0.05, 0.1) is 22.6 Å². The zero-order valence-electron chi connectivity index (χ0n) is 34.3. The lowest BCUT2D eigenvalue weighted by Crippen LogP contribution is -2.54. The number of ether oxygens (including phenoxy) is 1. The standard InChI is InChI=1S/C46H48N10O6/c47-41-39-40(30-8-11-34(12-9-30)62-33-6-2-1-3-7-33)51-56(42(39)49-27-48-41)32-5-4-20-54(26-32)46(61)53-23-18-29(19-24-53)28-16-21-52(22-17-28)31-10-13-35-36(25-31)45(60)55(44(35)59)37-14-15-38(57)50-43(37)58/h1-3,6-13,25,27-29,32,37H,4-5,14-24,26H2,(H2,47,48,49)(H,50,57,58)/t32-,37?/m1/s1. The highest BCUT2D eigenvalue weighted by atomic mass is 16.5. The monoisotopic (exact) mass is 836 g/mol. The number of nitrogen functional groups attached to an aromatic ring is 1. The van der Waals surface area contributed by atoms with Gasteiger partial charge in [-0.2, -0.15) is 5.10 Å². The van der Waals surface area contributed by atoms with Crippen LogP contribution in [-0.4, -0.2) is 109 Å². The molecule has 16 heteroatoms. The summed E-state index contributed by atoms with van der Waals surface area (Å²) in [5.41, 5.74) is 10.1. The second-order valence-electron chi connectivity index (χ2n) is 17.0. The average Bonchev–Trinajstić information content (AvgIpc) is 3.82.